The van der Waals surface area contributed by atoms with Crippen LogP contribution in [0, 0.1) is 11.7 Å². The first-order valence-electron chi connectivity index (χ1n) is 8.77. The Morgan fingerprint density at radius 3 is 2.68 bits per heavy atom. The highest BCUT2D eigenvalue weighted by atomic mass is 19.1. The molecule has 0 aromatic heterocycles. The van der Waals surface area contributed by atoms with Crippen LogP contribution in [-0.4, -0.2) is 29.4 Å². The largest absolute Gasteiger partial charge is 0.504 e. The first kappa shape index (κ1) is 19.3. The van der Waals surface area contributed by atoms with Crippen molar-refractivity contribution in [2.75, 3.05) is 11.9 Å². The summed E-state index contributed by atoms with van der Waals surface area (Å²) in [5.74, 6) is -1.38. The average molecular weight is 385 g/mol. The summed E-state index contributed by atoms with van der Waals surface area (Å²) < 4.78 is 18.5. The van der Waals surface area contributed by atoms with E-state index in [4.69, 9.17) is 4.74 Å². The number of rotatable bonds is 5. The zero-order valence-corrected chi connectivity index (χ0v) is 15.4. The van der Waals surface area contributed by atoms with E-state index in [1.54, 1.807) is 26.0 Å². The number of carbonyl (C=O) groups excluding carboxylic acids is 2. The molecule has 2 unspecified atom stereocenters. The van der Waals surface area contributed by atoms with Crippen molar-refractivity contribution in [3.05, 3.63) is 53.8 Å². The molecule has 2 aromatic carbocycles. The number of phenolic OH excluding ortho intramolecular Hbond substituents is 1. The molecule has 3 rings (SSSR count). The Kier molecular flexibility index (Phi) is 5.58. The molecular formula is C20H20FN3O4. The van der Waals surface area contributed by atoms with Crippen LogP contribution >= 0.6 is 0 Å². The molecule has 0 radical (unpaired) electrons. The van der Waals surface area contributed by atoms with E-state index in [0.717, 1.165) is 0 Å². The lowest BCUT2D eigenvalue weighted by molar-refractivity contribution is -0.118. The summed E-state index contributed by atoms with van der Waals surface area (Å²) in [7, 11) is 0. The van der Waals surface area contributed by atoms with Gasteiger partial charge in [0, 0.05) is 11.4 Å². The summed E-state index contributed by atoms with van der Waals surface area (Å²) in [6, 6.07) is 8.76. The van der Waals surface area contributed by atoms with Gasteiger partial charge in [0.1, 0.15) is 11.7 Å². The fourth-order valence-electron chi connectivity index (χ4n) is 3.08. The standard InChI is InChI=1S/C20H20FN3O4/c1-3-28-16-10-12(4-9-15(16)25)18-17(11(2)22-20(27)24-18)19(26)23-14-7-5-13(21)6-8-14/h4-10,17-18,25H,3H2,1-2H3,(H,23,26)(H,24,27). The van der Waals surface area contributed by atoms with Gasteiger partial charge >= 0.3 is 6.03 Å². The van der Waals surface area contributed by atoms with Crippen molar-refractivity contribution in [1.82, 2.24) is 5.32 Å². The fourth-order valence-corrected chi connectivity index (χ4v) is 3.08. The molecule has 0 fully saturated rings. The average Bonchev–Trinajstić information content (AvgIpc) is 2.65. The summed E-state index contributed by atoms with van der Waals surface area (Å²) in [5, 5.41) is 15.3. The van der Waals surface area contributed by atoms with Crippen molar-refractivity contribution in [3.8, 4) is 11.5 Å². The van der Waals surface area contributed by atoms with Crippen LogP contribution in [0.4, 0.5) is 14.9 Å². The van der Waals surface area contributed by atoms with Crippen molar-refractivity contribution in [2.24, 2.45) is 10.9 Å². The predicted molar refractivity (Wildman–Crippen MR) is 102 cm³/mol. The normalized spacial score (nSPS) is 18.8. The number of amides is 3. The molecule has 0 bridgehead atoms. The van der Waals surface area contributed by atoms with E-state index < -0.39 is 29.7 Å². The van der Waals surface area contributed by atoms with Gasteiger partial charge in [-0.2, -0.15) is 0 Å². The van der Waals surface area contributed by atoms with Gasteiger partial charge in [-0.3, -0.25) is 4.79 Å². The van der Waals surface area contributed by atoms with Crippen molar-refractivity contribution in [2.45, 2.75) is 19.9 Å². The van der Waals surface area contributed by atoms with Crippen LogP contribution in [0.3, 0.4) is 0 Å². The van der Waals surface area contributed by atoms with E-state index in [2.05, 4.69) is 15.6 Å². The molecule has 8 heteroatoms. The van der Waals surface area contributed by atoms with Crippen molar-refractivity contribution >= 4 is 23.3 Å². The van der Waals surface area contributed by atoms with Gasteiger partial charge in [0.05, 0.1) is 12.6 Å². The number of nitrogens with zero attached hydrogens (tertiary/aromatic N) is 1. The topological polar surface area (TPSA) is 100 Å². The minimum atomic E-state index is -0.790. The number of ether oxygens (including phenoxy) is 1. The first-order valence-corrected chi connectivity index (χ1v) is 8.77. The highest BCUT2D eigenvalue weighted by Crippen LogP contribution is 2.34. The third-order valence-corrected chi connectivity index (χ3v) is 4.38. The highest BCUT2D eigenvalue weighted by molar-refractivity contribution is 6.13. The fraction of sp³-hybridized carbons (Fsp3) is 0.250. The maximum atomic E-state index is 13.1. The Bertz CT molecular complexity index is 928. The lowest BCUT2D eigenvalue weighted by Crippen LogP contribution is -2.45. The van der Waals surface area contributed by atoms with E-state index >= 15 is 0 Å². The van der Waals surface area contributed by atoms with Gasteiger partial charge in [0.2, 0.25) is 5.91 Å². The molecular weight excluding hydrogens is 365 g/mol. The van der Waals surface area contributed by atoms with Gasteiger partial charge < -0.3 is 20.5 Å². The van der Waals surface area contributed by atoms with E-state index in [0.29, 0.717) is 23.6 Å². The molecule has 1 heterocycles. The van der Waals surface area contributed by atoms with Crippen LogP contribution in [0.15, 0.2) is 47.5 Å². The Labute approximate surface area is 161 Å². The molecule has 1 aliphatic heterocycles. The van der Waals surface area contributed by atoms with Crippen molar-refractivity contribution < 1.29 is 23.8 Å². The second kappa shape index (κ2) is 8.08. The van der Waals surface area contributed by atoms with Crippen molar-refractivity contribution in [3.63, 3.8) is 0 Å². The molecule has 3 amide bonds. The van der Waals surface area contributed by atoms with Gasteiger partial charge in [-0.1, -0.05) is 6.07 Å². The molecule has 0 saturated heterocycles. The molecule has 3 N–H and O–H groups in total. The molecule has 7 nitrogen and oxygen atoms in total. The molecule has 1 aliphatic rings. The molecule has 2 aromatic rings. The van der Waals surface area contributed by atoms with Crippen molar-refractivity contribution in [1.29, 1.82) is 0 Å². The number of halogens is 1. The molecule has 0 saturated carbocycles. The van der Waals surface area contributed by atoms with Gasteiger partial charge in [-0.15, -0.1) is 0 Å². The number of urea groups is 1. The predicted octanol–water partition coefficient (Wildman–Crippen LogP) is 3.41. The maximum absolute atomic E-state index is 13.1. The Morgan fingerprint density at radius 2 is 2.00 bits per heavy atom. The number of hydrogen-bond acceptors (Lipinski definition) is 4. The minimum Gasteiger partial charge on any atom is -0.504 e. The number of aliphatic imine (C=N–C) groups is 1. The zero-order chi connectivity index (χ0) is 20.3. The number of phenols is 1. The quantitative estimate of drug-likeness (QED) is 0.734. The number of aromatic hydroxyl groups is 1. The van der Waals surface area contributed by atoms with Gasteiger partial charge in [-0.25, -0.2) is 14.2 Å². The Morgan fingerprint density at radius 1 is 1.29 bits per heavy atom. The van der Waals surface area contributed by atoms with E-state index in [1.165, 1.54) is 30.3 Å². The van der Waals surface area contributed by atoms with Crippen LogP contribution in [0.5, 0.6) is 11.5 Å². The smallest absolute Gasteiger partial charge is 0.341 e. The second-order valence-electron chi connectivity index (χ2n) is 6.31. The monoisotopic (exact) mass is 385 g/mol. The summed E-state index contributed by atoms with van der Waals surface area (Å²) in [6.45, 7) is 3.73. The summed E-state index contributed by atoms with van der Waals surface area (Å²) in [6.07, 6.45) is 0. The number of anilines is 1. The maximum Gasteiger partial charge on any atom is 0.341 e. The number of benzene rings is 2. The third kappa shape index (κ3) is 4.11. The van der Waals surface area contributed by atoms with Crippen LogP contribution < -0.4 is 15.4 Å². The van der Waals surface area contributed by atoms with E-state index in [-0.39, 0.29) is 11.5 Å². The van der Waals surface area contributed by atoms with Gasteiger partial charge in [0.15, 0.2) is 11.5 Å². The second-order valence-corrected chi connectivity index (χ2v) is 6.31. The van der Waals surface area contributed by atoms with Crippen LogP contribution in [0.25, 0.3) is 0 Å². The lowest BCUT2D eigenvalue weighted by Gasteiger charge is -2.30. The minimum absolute atomic E-state index is 0.0366. The van der Waals surface area contributed by atoms with Gasteiger partial charge in [0.25, 0.3) is 0 Å². The summed E-state index contributed by atoms with van der Waals surface area (Å²) in [4.78, 5) is 28.7. The van der Waals surface area contributed by atoms with Crippen LogP contribution in [0.2, 0.25) is 0 Å². The Hall–Kier alpha value is -3.42. The highest BCUT2D eigenvalue weighted by Gasteiger charge is 2.37. The third-order valence-electron chi connectivity index (χ3n) is 4.38. The number of hydrogen-bond donors (Lipinski definition) is 3. The lowest BCUT2D eigenvalue weighted by atomic mass is 9.87. The molecule has 0 aliphatic carbocycles. The number of nitrogens with one attached hydrogen (secondary N) is 2. The molecule has 146 valence electrons. The van der Waals surface area contributed by atoms with E-state index in [1.807, 2.05) is 0 Å². The van der Waals surface area contributed by atoms with Crippen LogP contribution in [-0.2, 0) is 4.79 Å². The molecule has 2 atom stereocenters. The van der Waals surface area contributed by atoms with Gasteiger partial charge in [-0.05, 0) is 55.8 Å². The van der Waals surface area contributed by atoms with E-state index in [9.17, 15) is 19.1 Å². The first-order chi connectivity index (χ1) is 13.4. The molecule has 28 heavy (non-hydrogen) atoms. The zero-order valence-electron chi connectivity index (χ0n) is 15.4. The van der Waals surface area contributed by atoms with Crippen LogP contribution in [0.1, 0.15) is 25.5 Å². The SMILES string of the molecule is CCOc1cc(C2NC(=O)N=C(C)C2C(=O)Nc2ccc(F)cc2)ccc1O. The molecule has 0 spiro atoms. The number of carbonyl (C=O) groups is 2. The summed E-state index contributed by atoms with van der Waals surface area (Å²) >= 11 is 0. The Balaban J connectivity index is 1.93. The summed E-state index contributed by atoms with van der Waals surface area (Å²) in [5.41, 5.74) is 1.36.